The molecule has 23 heavy (non-hydrogen) atoms. The van der Waals surface area contributed by atoms with Gasteiger partial charge < -0.3 is 25.7 Å². The molecule has 7 heteroatoms. The second-order valence-electron chi connectivity index (χ2n) is 5.02. The van der Waals surface area contributed by atoms with Crippen LogP contribution in [0, 0.1) is 5.92 Å². The summed E-state index contributed by atoms with van der Waals surface area (Å²) >= 11 is 0. The summed E-state index contributed by atoms with van der Waals surface area (Å²) in [5, 5.41) is 36.3. The van der Waals surface area contributed by atoms with E-state index in [9.17, 15) is 9.59 Å². The molecule has 0 spiro atoms. The number of carbonyl (C=O) groups is 2. The second kappa shape index (κ2) is 18.6. The Labute approximate surface area is 138 Å². The Morgan fingerprint density at radius 2 is 1.65 bits per heavy atom. The van der Waals surface area contributed by atoms with Crippen molar-refractivity contribution in [2.75, 3.05) is 26.3 Å². The highest BCUT2D eigenvalue weighted by Crippen LogP contribution is 2.08. The summed E-state index contributed by atoms with van der Waals surface area (Å²) in [4.78, 5) is 21.1. The monoisotopic (exact) mass is 333 g/mol. The molecule has 0 aliphatic rings. The van der Waals surface area contributed by atoms with Gasteiger partial charge in [0.1, 0.15) is 0 Å². The van der Waals surface area contributed by atoms with Gasteiger partial charge in [0.05, 0.1) is 25.6 Å². The molecule has 0 aromatic carbocycles. The van der Waals surface area contributed by atoms with Gasteiger partial charge in [-0.3, -0.25) is 9.59 Å². The standard InChI is InChI=1S/C12H20O4.C4H11NO2/c1-2-3-4-5-6-7-8-10(12(15)16)9-11(13)14;6-3-1-5-2-4-7/h7-8,10H,2-6,9H2,1H3,(H,13,14)(H,15,16);5-7H,1-4H2. The van der Waals surface area contributed by atoms with Crippen LogP contribution >= 0.6 is 0 Å². The van der Waals surface area contributed by atoms with E-state index in [1.165, 1.54) is 18.9 Å². The molecule has 0 heterocycles. The van der Waals surface area contributed by atoms with E-state index in [1.54, 1.807) is 6.08 Å². The molecule has 7 nitrogen and oxygen atoms in total. The minimum Gasteiger partial charge on any atom is -0.481 e. The molecule has 0 aliphatic heterocycles. The van der Waals surface area contributed by atoms with E-state index in [2.05, 4.69) is 12.2 Å². The van der Waals surface area contributed by atoms with Crippen LogP contribution in [0.15, 0.2) is 12.2 Å². The number of aliphatic carboxylic acids is 2. The van der Waals surface area contributed by atoms with Crippen LogP contribution in [0.25, 0.3) is 0 Å². The minimum atomic E-state index is -1.08. The molecule has 0 aromatic rings. The molecule has 1 atom stereocenters. The van der Waals surface area contributed by atoms with Crippen molar-refractivity contribution in [3.63, 3.8) is 0 Å². The minimum absolute atomic E-state index is 0.139. The third-order valence-corrected chi connectivity index (χ3v) is 2.88. The molecule has 0 amide bonds. The molecular formula is C16H31NO6. The van der Waals surface area contributed by atoms with Gasteiger partial charge in [0, 0.05) is 13.1 Å². The molecule has 1 unspecified atom stereocenters. The largest absolute Gasteiger partial charge is 0.481 e. The highest BCUT2D eigenvalue weighted by atomic mass is 16.4. The number of nitrogens with one attached hydrogen (secondary N) is 1. The highest BCUT2D eigenvalue weighted by molar-refractivity contribution is 5.79. The Kier molecular flexibility index (Phi) is 19.3. The summed E-state index contributed by atoms with van der Waals surface area (Å²) in [5.74, 6) is -3.06. The van der Waals surface area contributed by atoms with Gasteiger partial charge in [-0.15, -0.1) is 0 Å². The zero-order valence-electron chi connectivity index (χ0n) is 13.9. The maximum Gasteiger partial charge on any atom is 0.310 e. The van der Waals surface area contributed by atoms with E-state index in [1.807, 2.05) is 0 Å². The van der Waals surface area contributed by atoms with Gasteiger partial charge in [-0.05, 0) is 12.8 Å². The first-order valence-corrected chi connectivity index (χ1v) is 8.03. The number of unbranched alkanes of at least 4 members (excludes halogenated alkanes) is 4. The first-order chi connectivity index (χ1) is 11.0. The van der Waals surface area contributed by atoms with Gasteiger partial charge in [-0.2, -0.15) is 0 Å². The molecule has 0 bridgehead atoms. The molecule has 0 rings (SSSR count). The lowest BCUT2D eigenvalue weighted by atomic mass is 10.0. The van der Waals surface area contributed by atoms with Crippen LogP contribution in [0.4, 0.5) is 0 Å². The third-order valence-electron chi connectivity index (χ3n) is 2.88. The number of aliphatic hydroxyl groups is 2. The molecule has 0 aromatic heterocycles. The van der Waals surface area contributed by atoms with E-state index >= 15 is 0 Å². The molecule has 136 valence electrons. The van der Waals surface area contributed by atoms with Gasteiger partial charge in [0.15, 0.2) is 0 Å². The van der Waals surface area contributed by atoms with Crippen LogP contribution in [0.1, 0.15) is 45.4 Å². The van der Waals surface area contributed by atoms with Crippen LogP contribution < -0.4 is 5.32 Å². The summed E-state index contributed by atoms with van der Waals surface area (Å²) < 4.78 is 0. The molecular weight excluding hydrogens is 302 g/mol. The number of hydrogen-bond acceptors (Lipinski definition) is 5. The Hall–Kier alpha value is -1.44. The molecule has 0 fully saturated rings. The van der Waals surface area contributed by atoms with E-state index in [-0.39, 0.29) is 19.6 Å². The zero-order valence-corrected chi connectivity index (χ0v) is 13.9. The number of allylic oxidation sites excluding steroid dienone is 1. The summed E-state index contributed by atoms with van der Waals surface area (Å²) in [6.45, 7) is 3.55. The van der Waals surface area contributed by atoms with Crippen LogP contribution in [-0.4, -0.2) is 58.7 Å². The van der Waals surface area contributed by atoms with E-state index in [0.29, 0.717) is 13.1 Å². The first kappa shape index (κ1) is 23.8. The normalized spacial score (nSPS) is 11.8. The van der Waals surface area contributed by atoms with Crippen molar-refractivity contribution >= 4 is 11.9 Å². The zero-order chi connectivity index (χ0) is 17.9. The molecule has 5 N–H and O–H groups in total. The summed E-state index contributed by atoms with van der Waals surface area (Å²) in [6.07, 6.45) is 8.26. The number of carboxylic acid groups (broad SMARTS) is 2. The van der Waals surface area contributed by atoms with Crippen LogP contribution in [-0.2, 0) is 9.59 Å². The lowest BCUT2D eigenvalue weighted by molar-refractivity contribution is -0.146. The predicted molar refractivity (Wildman–Crippen MR) is 88.3 cm³/mol. The van der Waals surface area contributed by atoms with Gasteiger partial charge in [0.25, 0.3) is 0 Å². The Bertz CT molecular complexity index is 316. The highest BCUT2D eigenvalue weighted by Gasteiger charge is 2.17. The number of hydrogen-bond donors (Lipinski definition) is 5. The molecule has 0 saturated heterocycles. The van der Waals surface area contributed by atoms with Crippen LogP contribution in [0.5, 0.6) is 0 Å². The number of aliphatic hydroxyl groups excluding tert-OH is 2. The van der Waals surface area contributed by atoms with Crippen molar-refractivity contribution in [2.45, 2.75) is 45.4 Å². The fourth-order valence-electron chi connectivity index (χ4n) is 1.66. The van der Waals surface area contributed by atoms with E-state index in [0.717, 1.165) is 19.3 Å². The van der Waals surface area contributed by atoms with Gasteiger partial charge in [0.2, 0.25) is 0 Å². The predicted octanol–water partition coefficient (Wildman–Crippen LogP) is 1.25. The Morgan fingerprint density at radius 1 is 1.04 bits per heavy atom. The fraction of sp³-hybridized carbons (Fsp3) is 0.750. The summed E-state index contributed by atoms with van der Waals surface area (Å²) in [6, 6.07) is 0. The fourth-order valence-corrected chi connectivity index (χ4v) is 1.66. The SMILES string of the molecule is CCCCCCC=CC(CC(=O)O)C(=O)O.OCCNCCO. The van der Waals surface area contributed by atoms with Crippen LogP contribution in [0.2, 0.25) is 0 Å². The van der Waals surface area contributed by atoms with Crippen molar-refractivity contribution in [3.05, 3.63) is 12.2 Å². The summed E-state index contributed by atoms with van der Waals surface area (Å²) in [5.41, 5.74) is 0. The quantitative estimate of drug-likeness (QED) is 0.253. The maximum absolute atomic E-state index is 10.7. The van der Waals surface area contributed by atoms with Gasteiger partial charge in [-0.1, -0.05) is 38.3 Å². The Morgan fingerprint density at radius 3 is 2.09 bits per heavy atom. The van der Waals surface area contributed by atoms with Gasteiger partial charge >= 0.3 is 11.9 Å². The smallest absolute Gasteiger partial charge is 0.310 e. The topological polar surface area (TPSA) is 127 Å². The van der Waals surface area contributed by atoms with Crippen LogP contribution in [0.3, 0.4) is 0 Å². The molecule has 0 saturated carbocycles. The average Bonchev–Trinajstić information content (AvgIpc) is 2.50. The van der Waals surface area contributed by atoms with Crippen molar-refractivity contribution < 1.29 is 30.0 Å². The van der Waals surface area contributed by atoms with E-state index < -0.39 is 17.9 Å². The Balaban J connectivity index is 0. The maximum atomic E-state index is 10.7. The second-order valence-corrected chi connectivity index (χ2v) is 5.02. The number of carboxylic acids is 2. The number of rotatable bonds is 13. The summed E-state index contributed by atoms with van der Waals surface area (Å²) in [7, 11) is 0. The van der Waals surface area contributed by atoms with Crippen molar-refractivity contribution in [1.29, 1.82) is 0 Å². The van der Waals surface area contributed by atoms with Crippen molar-refractivity contribution in [2.24, 2.45) is 5.92 Å². The molecule has 0 aliphatic carbocycles. The van der Waals surface area contributed by atoms with Crippen molar-refractivity contribution in [1.82, 2.24) is 5.32 Å². The first-order valence-electron chi connectivity index (χ1n) is 8.03. The lowest BCUT2D eigenvalue weighted by Gasteiger charge is -2.03. The molecule has 0 radical (unpaired) electrons. The van der Waals surface area contributed by atoms with Gasteiger partial charge in [-0.25, -0.2) is 0 Å². The third kappa shape index (κ3) is 20.6. The lowest BCUT2D eigenvalue weighted by Crippen LogP contribution is -2.21. The van der Waals surface area contributed by atoms with Crippen molar-refractivity contribution in [3.8, 4) is 0 Å². The average molecular weight is 333 g/mol. The van der Waals surface area contributed by atoms with E-state index in [4.69, 9.17) is 20.4 Å².